The van der Waals surface area contributed by atoms with Crippen molar-refractivity contribution in [2.45, 2.75) is 56.7 Å². The van der Waals surface area contributed by atoms with Gasteiger partial charge in [-0.1, -0.05) is 0 Å². The number of nitrogens with one attached hydrogen (secondary N) is 1. The summed E-state index contributed by atoms with van der Waals surface area (Å²) in [7, 11) is 2.34. The molecule has 0 amide bonds. The summed E-state index contributed by atoms with van der Waals surface area (Å²) in [5, 5.41) is 3.74. The van der Waals surface area contributed by atoms with Crippen molar-refractivity contribution in [2.24, 2.45) is 0 Å². The Hall–Kier alpha value is -0.120. The molecule has 3 nitrogen and oxygen atoms in total. The van der Waals surface area contributed by atoms with Gasteiger partial charge in [-0.15, -0.1) is 0 Å². The maximum atomic E-state index is 3.74. The monoisotopic (exact) mass is 237 g/mol. The third-order valence-electron chi connectivity index (χ3n) is 5.04. The van der Waals surface area contributed by atoms with Crippen LogP contribution in [0.5, 0.6) is 0 Å². The van der Waals surface area contributed by atoms with Crippen molar-refractivity contribution in [3.8, 4) is 0 Å². The molecule has 2 bridgehead atoms. The van der Waals surface area contributed by atoms with Gasteiger partial charge in [0.05, 0.1) is 0 Å². The van der Waals surface area contributed by atoms with Crippen LogP contribution in [0.3, 0.4) is 0 Å². The van der Waals surface area contributed by atoms with Gasteiger partial charge in [-0.05, 0) is 58.7 Å². The molecule has 0 radical (unpaired) electrons. The molecule has 3 saturated heterocycles. The lowest BCUT2D eigenvalue weighted by atomic mass is 9.98. The van der Waals surface area contributed by atoms with Crippen LogP contribution in [-0.2, 0) is 0 Å². The van der Waals surface area contributed by atoms with E-state index in [0.717, 1.165) is 18.1 Å². The molecule has 98 valence electrons. The minimum absolute atomic E-state index is 0.827. The average molecular weight is 237 g/mol. The number of rotatable bonds is 4. The first-order valence-corrected chi connectivity index (χ1v) is 7.50. The highest BCUT2D eigenvalue weighted by atomic mass is 15.2. The summed E-state index contributed by atoms with van der Waals surface area (Å²) in [6.45, 7) is 5.23. The molecule has 0 aliphatic carbocycles. The highest BCUT2D eigenvalue weighted by Crippen LogP contribution is 2.29. The zero-order chi connectivity index (χ0) is 11.7. The normalized spacial score (nSPS) is 38.1. The van der Waals surface area contributed by atoms with Crippen molar-refractivity contribution in [1.82, 2.24) is 15.1 Å². The molecule has 0 saturated carbocycles. The zero-order valence-electron chi connectivity index (χ0n) is 11.2. The lowest BCUT2D eigenvalue weighted by Gasteiger charge is -2.36. The van der Waals surface area contributed by atoms with Crippen molar-refractivity contribution < 1.29 is 0 Å². The predicted octanol–water partition coefficient (Wildman–Crippen LogP) is 1.30. The van der Waals surface area contributed by atoms with Crippen LogP contribution >= 0.6 is 0 Å². The molecule has 3 aliphatic heterocycles. The van der Waals surface area contributed by atoms with Gasteiger partial charge in [-0.25, -0.2) is 0 Å². The van der Waals surface area contributed by atoms with Gasteiger partial charge < -0.3 is 15.1 Å². The Labute approximate surface area is 106 Å². The van der Waals surface area contributed by atoms with Gasteiger partial charge in [0.1, 0.15) is 0 Å². The van der Waals surface area contributed by atoms with E-state index in [1.54, 1.807) is 0 Å². The van der Waals surface area contributed by atoms with Crippen molar-refractivity contribution in [2.75, 3.05) is 33.2 Å². The van der Waals surface area contributed by atoms with Gasteiger partial charge in [-0.2, -0.15) is 0 Å². The average Bonchev–Trinajstić information content (AvgIpc) is 2.96. The molecule has 1 N–H and O–H groups in total. The summed E-state index contributed by atoms with van der Waals surface area (Å²) in [5.41, 5.74) is 0. The fourth-order valence-corrected chi connectivity index (χ4v) is 3.88. The van der Waals surface area contributed by atoms with Crippen molar-refractivity contribution in [1.29, 1.82) is 0 Å². The van der Waals surface area contributed by atoms with E-state index in [1.165, 1.54) is 64.7 Å². The van der Waals surface area contributed by atoms with Crippen LogP contribution in [0.25, 0.3) is 0 Å². The summed E-state index contributed by atoms with van der Waals surface area (Å²) in [6, 6.07) is 2.50. The van der Waals surface area contributed by atoms with E-state index < -0.39 is 0 Å². The Morgan fingerprint density at radius 2 is 1.76 bits per heavy atom. The van der Waals surface area contributed by atoms with Gasteiger partial charge in [0, 0.05) is 31.2 Å². The van der Waals surface area contributed by atoms with Crippen LogP contribution in [0.2, 0.25) is 0 Å². The van der Waals surface area contributed by atoms with Gasteiger partial charge in [0.15, 0.2) is 0 Å². The van der Waals surface area contributed by atoms with Crippen molar-refractivity contribution in [3.63, 3.8) is 0 Å². The minimum atomic E-state index is 0.827. The Kier molecular flexibility index (Phi) is 3.69. The highest BCUT2D eigenvalue weighted by molar-refractivity contribution is 4.95. The van der Waals surface area contributed by atoms with Gasteiger partial charge >= 0.3 is 0 Å². The first-order valence-electron chi connectivity index (χ1n) is 7.50. The third kappa shape index (κ3) is 2.83. The Balaban J connectivity index is 1.44. The molecular formula is C14H27N3. The number of fused-ring (bicyclic) bond motifs is 2. The predicted molar refractivity (Wildman–Crippen MR) is 71.3 cm³/mol. The second-order valence-corrected chi connectivity index (χ2v) is 6.29. The minimum Gasteiger partial charge on any atom is -0.311 e. The molecule has 0 aromatic carbocycles. The Morgan fingerprint density at radius 3 is 2.41 bits per heavy atom. The number of piperidine rings is 1. The van der Waals surface area contributed by atoms with Crippen molar-refractivity contribution in [3.05, 3.63) is 0 Å². The second-order valence-electron chi connectivity index (χ2n) is 6.29. The van der Waals surface area contributed by atoms with Gasteiger partial charge in [0.2, 0.25) is 0 Å². The van der Waals surface area contributed by atoms with E-state index >= 15 is 0 Å². The topological polar surface area (TPSA) is 18.5 Å². The molecular weight excluding hydrogens is 210 g/mol. The molecule has 17 heavy (non-hydrogen) atoms. The molecule has 3 heterocycles. The van der Waals surface area contributed by atoms with Crippen LogP contribution in [0.1, 0.15) is 38.5 Å². The van der Waals surface area contributed by atoms with Crippen LogP contribution < -0.4 is 5.32 Å². The third-order valence-corrected chi connectivity index (χ3v) is 5.04. The second kappa shape index (κ2) is 5.25. The molecule has 2 atom stereocenters. The Morgan fingerprint density at radius 1 is 1.12 bits per heavy atom. The van der Waals surface area contributed by atoms with Crippen LogP contribution in [0.15, 0.2) is 0 Å². The highest BCUT2D eigenvalue weighted by Gasteiger charge is 2.34. The van der Waals surface area contributed by atoms with E-state index in [2.05, 4.69) is 22.2 Å². The SMILES string of the molecule is CN(CCN1CCCC1)C1CC2CCC(C1)N2. The van der Waals surface area contributed by atoms with Crippen molar-refractivity contribution >= 4 is 0 Å². The zero-order valence-corrected chi connectivity index (χ0v) is 11.2. The van der Waals surface area contributed by atoms with E-state index in [-0.39, 0.29) is 0 Å². The summed E-state index contributed by atoms with van der Waals surface area (Å²) < 4.78 is 0. The van der Waals surface area contributed by atoms with Gasteiger partial charge in [0.25, 0.3) is 0 Å². The van der Waals surface area contributed by atoms with E-state index in [9.17, 15) is 0 Å². The van der Waals surface area contributed by atoms with Gasteiger partial charge in [-0.3, -0.25) is 0 Å². The molecule has 3 aliphatic rings. The summed E-state index contributed by atoms with van der Waals surface area (Å²) in [6.07, 6.45) is 8.44. The smallest absolute Gasteiger partial charge is 0.0122 e. The standard InChI is InChI=1S/C14H27N3/c1-16(8-9-17-6-2-3-7-17)14-10-12-4-5-13(11-14)15-12/h12-15H,2-11H2,1H3. The summed E-state index contributed by atoms with van der Waals surface area (Å²) >= 11 is 0. The number of hydrogen-bond donors (Lipinski definition) is 1. The number of nitrogens with zero attached hydrogens (tertiary/aromatic N) is 2. The first-order chi connectivity index (χ1) is 8.31. The van der Waals surface area contributed by atoms with E-state index in [0.29, 0.717) is 0 Å². The first kappa shape index (κ1) is 11.9. The maximum absolute atomic E-state index is 3.74. The maximum Gasteiger partial charge on any atom is 0.0122 e. The number of likely N-dealkylation sites (N-methyl/N-ethyl adjacent to an activating group) is 1. The summed E-state index contributed by atoms with van der Waals surface area (Å²) in [4.78, 5) is 5.26. The number of likely N-dealkylation sites (tertiary alicyclic amines) is 1. The summed E-state index contributed by atoms with van der Waals surface area (Å²) in [5.74, 6) is 0. The van der Waals surface area contributed by atoms with Crippen LogP contribution in [-0.4, -0.2) is 61.2 Å². The molecule has 2 unspecified atom stereocenters. The number of hydrogen-bond acceptors (Lipinski definition) is 3. The molecule has 0 aromatic rings. The van der Waals surface area contributed by atoms with Crippen LogP contribution in [0.4, 0.5) is 0 Å². The molecule has 3 rings (SSSR count). The van der Waals surface area contributed by atoms with E-state index in [1.807, 2.05) is 0 Å². The van der Waals surface area contributed by atoms with Crippen LogP contribution in [0, 0.1) is 0 Å². The lowest BCUT2D eigenvalue weighted by molar-refractivity contribution is 0.155. The molecule has 3 heteroatoms. The quantitative estimate of drug-likeness (QED) is 0.795. The molecule has 0 spiro atoms. The van der Waals surface area contributed by atoms with E-state index in [4.69, 9.17) is 0 Å². The molecule has 0 aromatic heterocycles. The fourth-order valence-electron chi connectivity index (χ4n) is 3.88. The lowest BCUT2D eigenvalue weighted by Crippen LogP contribution is -2.48. The molecule has 3 fully saturated rings. The fraction of sp³-hybridized carbons (Fsp3) is 1.00. The largest absolute Gasteiger partial charge is 0.311 e. The Bertz CT molecular complexity index is 238.